The van der Waals surface area contributed by atoms with Crippen LogP contribution in [0.1, 0.15) is 15.9 Å². The summed E-state index contributed by atoms with van der Waals surface area (Å²) in [5.41, 5.74) is 8.09. The van der Waals surface area contributed by atoms with Gasteiger partial charge in [-0.1, -0.05) is 30.3 Å². The summed E-state index contributed by atoms with van der Waals surface area (Å²) >= 11 is 0. The van der Waals surface area contributed by atoms with Gasteiger partial charge in [-0.15, -0.1) is 0 Å². The molecule has 0 aliphatic rings. The maximum absolute atomic E-state index is 11.6. The Bertz CT molecular complexity index is 859. The van der Waals surface area contributed by atoms with Gasteiger partial charge in [-0.05, 0) is 24.1 Å². The van der Waals surface area contributed by atoms with Crippen molar-refractivity contribution < 1.29 is 14.6 Å². The molecule has 0 saturated carbocycles. The normalized spacial score (nSPS) is 12.2. The smallest absolute Gasteiger partial charge is 0.340 e. The second-order valence-electron chi connectivity index (χ2n) is 5.71. The number of rotatable bonds is 6. The van der Waals surface area contributed by atoms with Gasteiger partial charge in [0.1, 0.15) is 17.9 Å². The van der Waals surface area contributed by atoms with E-state index in [1.54, 1.807) is 23.9 Å². The summed E-state index contributed by atoms with van der Waals surface area (Å²) in [6.45, 7) is 0.237. The molecule has 3 aromatic rings. The van der Waals surface area contributed by atoms with Crippen LogP contribution in [0.5, 0.6) is 5.75 Å². The number of fused-ring (bicyclic) bond motifs is 1. The topological polar surface area (TPSA) is 90.4 Å². The molecule has 2 aromatic carbocycles. The maximum atomic E-state index is 11.6. The summed E-state index contributed by atoms with van der Waals surface area (Å²) in [7, 11) is 1.77. The molecule has 0 saturated heterocycles. The van der Waals surface area contributed by atoms with E-state index in [1.807, 2.05) is 30.3 Å². The Morgan fingerprint density at radius 3 is 2.75 bits per heavy atom. The fourth-order valence-corrected chi connectivity index (χ4v) is 2.72. The Kier molecular flexibility index (Phi) is 4.48. The van der Waals surface area contributed by atoms with Crippen molar-refractivity contribution in [1.29, 1.82) is 0 Å². The molecule has 0 fully saturated rings. The third-order valence-electron chi connectivity index (χ3n) is 3.90. The van der Waals surface area contributed by atoms with Crippen LogP contribution in [0.4, 0.5) is 0 Å². The Labute approximate surface area is 139 Å². The Hall–Kier alpha value is -2.86. The minimum absolute atomic E-state index is 0.118. The minimum atomic E-state index is -1.04. The number of aromatic carboxylic acids is 1. The first-order chi connectivity index (χ1) is 11.6. The number of benzene rings is 2. The lowest BCUT2D eigenvalue weighted by molar-refractivity contribution is 0.0694. The summed E-state index contributed by atoms with van der Waals surface area (Å²) in [5.74, 6) is -0.730. The second-order valence-corrected chi connectivity index (χ2v) is 5.71. The van der Waals surface area contributed by atoms with Gasteiger partial charge in [-0.2, -0.15) is 5.10 Å². The molecule has 1 heterocycles. The predicted octanol–water partition coefficient (Wildman–Crippen LogP) is 2.22. The first kappa shape index (κ1) is 16.0. The van der Waals surface area contributed by atoms with Crippen molar-refractivity contribution in [3.8, 4) is 5.75 Å². The lowest BCUT2D eigenvalue weighted by Gasteiger charge is -2.15. The molecule has 0 spiro atoms. The molecule has 0 amide bonds. The van der Waals surface area contributed by atoms with E-state index in [0.717, 1.165) is 11.1 Å². The standard InChI is InChI=1S/C18H19N3O3/c1-21-15-7-8-16(17(18(22)23)14(15)10-20-21)24-11-13(19)9-12-5-3-2-4-6-12/h2-8,10,13H,9,11,19H2,1H3,(H,22,23). The summed E-state index contributed by atoms with van der Waals surface area (Å²) in [6, 6.07) is 13.1. The Morgan fingerprint density at radius 2 is 2.04 bits per heavy atom. The predicted molar refractivity (Wildman–Crippen MR) is 91.3 cm³/mol. The van der Waals surface area contributed by atoms with Crippen LogP contribution in [0.3, 0.4) is 0 Å². The molecule has 3 rings (SSSR count). The van der Waals surface area contributed by atoms with Gasteiger partial charge in [-0.3, -0.25) is 4.68 Å². The number of carboxylic acid groups (broad SMARTS) is 1. The Balaban J connectivity index is 1.77. The number of hydrogen-bond acceptors (Lipinski definition) is 4. The van der Waals surface area contributed by atoms with E-state index >= 15 is 0 Å². The molecule has 0 aliphatic carbocycles. The Morgan fingerprint density at radius 1 is 1.29 bits per heavy atom. The number of aryl methyl sites for hydroxylation is 1. The van der Waals surface area contributed by atoms with Crippen molar-refractivity contribution in [3.63, 3.8) is 0 Å². The van der Waals surface area contributed by atoms with E-state index in [1.165, 1.54) is 6.20 Å². The quantitative estimate of drug-likeness (QED) is 0.725. The highest BCUT2D eigenvalue weighted by atomic mass is 16.5. The zero-order chi connectivity index (χ0) is 17.1. The lowest BCUT2D eigenvalue weighted by atomic mass is 10.1. The second kappa shape index (κ2) is 6.72. The highest BCUT2D eigenvalue weighted by Gasteiger charge is 2.18. The molecule has 124 valence electrons. The van der Waals surface area contributed by atoms with Gasteiger partial charge in [0.15, 0.2) is 0 Å². The van der Waals surface area contributed by atoms with Crippen molar-refractivity contribution in [2.75, 3.05) is 6.61 Å². The zero-order valence-electron chi connectivity index (χ0n) is 13.3. The largest absolute Gasteiger partial charge is 0.491 e. The molecule has 6 heteroatoms. The van der Waals surface area contributed by atoms with Gasteiger partial charge in [-0.25, -0.2) is 4.79 Å². The van der Waals surface area contributed by atoms with Crippen LogP contribution in [-0.4, -0.2) is 33.5 Å². The zero-order valence-corrected chi connectivity index (χ0v) is 13.3. The van der Waals surface area contributed by atoms with E-state index in [4.69, 9.17) is 10.5 Å². The molecule has 3 N–H and O–H groups in total. The number of nitrogens with two attached hydrogens (primary N) is 1. The number of hydrogen-bond donors (Lipinski definition) is 2. The van der Waals surface area contributed by atoms with E-state index in [9.17, 15) is 9.90 Å². The van der Waals surface area contributed by atoms with Gasteiger partial charge in [0, 0.05) is 18.5 Å². The number of carboxylic acids is 1. The van der Waals surface area contributed by atoms with Gasteiger partial charge >= 0.3 is 5.97 Å². The van der Waals surface area contributed by atoms with E-state index in [2.05, 4.69) is 5.10 Å². The average molecular weight is 325 g/mol. The molecular formula is C18H19N3O3. The number of carbonyl (C=O) groups is 1. The minimum Gasteiger partial charge on any atom is -0.491 e. The van der Waals surface area contributed by atoms with Gasteiger partial charge in [0.2, 0.25) is 0 Å². The monoisotopic (exact) mass is 325 g/mol. The molecule has 6 nitrogen and oxygen atoms in total. The third-order valence-corrected chi connectivity index (χ3v) is 3.90. The van der Waals surface area contributed by atoms with Crippen LogP contribution < -0.4 is 10.5 Å². The lowest BCUT2D eigenvalue weighted by Crippen LogP contribution is -2.30. The van der Waals surface area contributed by atoms with Crippen LogP contribution in [0, 0.1) is 0 Å². The maximum Gasteiger partial charge on any atom is 0.340 e. The summed E-state index contributed by atoms with van der Waals surface area (Å²) < 4.78 is 7.34. The van der Waals surface area contributed by atoms with Gasteiger partial charge in [0.05, 0.1) is 11.7 Å². The van der Waals surface area contributed by atoms with Crippen LogP contribution in [0.2, 0.25) is 0 Å². The van der Waals surface area contributed by atoms with Crippen molar-refractivity contribution in [3.05, 3.63) is 59.8 Å². The van der Waals surface area contributed by atoms with Crippen LogP contribution in [0.15, 0.2) is 48.7 Å². The van der Waals surface area contributed by atoms with Gasteiger partial charge < -0.3 is 15.6 Å². The SMILES string of the molecule is Cn1ncc2c(C(=O)O)c(OCC(N)Cc3ccccc3)ccc21. The first-order valence-corrected chi connectivity index (χ1v) is 7.66. The number of ether oxygens (including phenoxy) is 1. The molecule has 0 bridgehead atoms. The van der Waals surface area contributed by atoms with Gasteiger partial charge in [0.25, 0.3) is 0 Å². The molecule has 1 atom stereocenters. The van der Waals surface area contributed by atoms with E-state index in [0.29, 0.717) is 17.6 Å². The fourth-order valence-electron chi connectivity index (χ4n) is 2.72. The molecule has 0 aliphatic heterocycles. The summed E-state index contributed by atoms with van der Waals surface area (Å²) in [5, 5.41) is 14.2. The van der Waals surface area contributed by atoms with E-state index in [-0.39, 0.29) is 18.2 Å². The van der Waals surface area contributed by atoms with Crippen molar-refractivity contribution in [1.82, 2.24) is 9.78 Å². The van der Waals surface area contributed by atoms with Crippen molar-refractivity contribution in [2.45, 2.75) is 12.5 Å². The van der Waals surface area contributed by atoms with Crippen LogP contribution >= 0.6 is 0 Å². The third kappa shape index (κ3) is 3.23. The molecule has 1 aromatic heterocycles. The number of nitrogens with zero attached hydrogens (tertiary/aromatic N) is 2. The first-order valence-electron chi connectivity index (χ1n) is 7.66. The van der Waals surface area contributed by atoms with Crippen molar-refractivity contribution >= 4 is 16.9 Å². The highest BCUT2D eigenvalue weighted by molar-refractivity contribution is 6.05. The molecule has 24 heavy (non-hydrogen) atoms. The van der Waals surface area contributed by atoms with Crippen molar-refractivity contribution in [2.24, 2.45) is 12.8 Å². The summed E-state index contributed by atoms with van der Waals surface area (Å²) in [6.07, 6.45) is 2.20. The van der Waals surface area contributed by atoms with Crippen LogP contribution in [0.25, 0.3) is 10.9 Å². The fraction of sp³-hybridized carbons (Fsp3) is 0.222. The highest BCUT2D eigenvalue weighted by Crippen LogP contribution is 2.28. The molecule has 0 radical (unpaired) electrons. The average Bonchev–Trinajstić information content (AvgIpc) is 2.94. The molecular weight excluding hydrogens is 306 g/mol. The van der Waals surface area contributed by atoms with Crippen LogP contribution in [-0.2, 0) is 13.5 Å². The molecule has 1 unspecified atom stereocenters. The van der Waals surface area contributed by atoms with E-state index < -0.39 is 5.97 Å². The summed E-state index contributed by atoms with van der Waals surface area (Å²) in [4.78, 5) is 11.6. The number of aromatic nitrogens is 2.